The maximum atomic E-state index is 5.85. The normalized spacial score (nSPS) is 22.4. The molecule has 1 aliphatic carbocycles. The van der Waals surface area contributed by atoms with E-state index >= 15 is 0 Å². The molecule has 1 aliphatic heterocycles. The average Bonchev–Trinajstić information content (AvgIpc) is 3.24. The molecule has 2 aromatic rings. The fourth-order valence-corrected chi connectivity index (χ4v) is 5.88. The van der Waals surface area contributed by atoms with Gasteiger partial charge >= 0.3 is 0 Å². The van der Waals surface area contributed by atoms with E-state index in [1.54, 1.807) is 0 Å². The van der Waals surface area contributed by atoms with E-state index in [9.17, 15) is 0 Å². The van der Waals surface area contributed by atoms with Gasteiger partial charge in [0.15, 0.2) is 5.11 Å². The molecule has 4 rings (SSSR count). The molecule has 0 aromatic carbocycles. The van der Waals surface area contributed by atoms with Gasteiger partial charge in [-0.2, -0.15) is 0 Å². The molecular formula is C25H37N5S. The molecule has 31 heavy (non-hydrogen) atoms. The number of hydrogen-bond donors (Lipinski definition) is 1. The molecule has 0 unspecified atom stereocenters. The Morgan fingerprint density at radius 3 is 2.61 bits per heavy atom. The zero-order valence-electron chi connectivity index (χ0n) is 19.5. The molecule has 0 amide bonds. The zero-order valence-corrected chi connectivity index (χ0v) is 20.3. The molecule has 2 fully saturated rings. The van der Waals surface area contributed by atoms with Crippen molar-refractivity contribution in [3.05, 3.63) is 53.1 Å². The molecule has 2 aromatic heterocycles. The second-order valence-corrected chi connectivity index (χ2v) is 9.85. The number of aromatic nitrogens is 2. The van der Waals surface area contributed by atoms with Crippen molar-refractivity contribution in [3.63, 3.8) is 0 Å². The Hall–Kier alpha value is -1.92. The van der Waals surface area contributed by atoms with Crippen LogP contribution < -0.4 is 5.32 Å². The average molecular weight is 440 g/mol. The fraction of sp³-hybridized carbons (Fsp3) is 0.600. The fourth-order valence-electron chi connectivity index (χ4n) is 5.55. The van der Waals surface area contributed by atoms with Crippen molar-refractivity contribution >= 4 is 17.3 Å². The molecule has 1 saturated carbocycles. The molecule has 0 radical (unpaired) electrons. The summed E-state index contributed by atoms with van der Waals surface area (Å²) in [4.78, 5) is 9.35. The Bertz CT molecular complexity index is 885. The van der Waals surface area contributed by atoms with Crippen LogP contribution in [0.25, 0.3) is 0 Å². The first-order chi connectivity index (χ1) is 15.0. The molecule has 0 spiro atoms. The maximum Gasteiger partial charge on any atom is 0.170 e. The van der Waals surface area contributed by atoms with Gasteiger partial charge in [-0.15, -0.1) is 0 Å². The van der Waals surface area contributed by atoms with E-state index in [1.165, 1.54) is 49.1 Å². The highest BCUT2D eigenvalue weighted by atomic mass is 32.1. The SMILES string of the molecule is Cc1cc([C@H]2[C@H](c3ccccn3)NC(=S)N2CCCN(C)C)c(C)n1C1CCCCC1. The van der Waals surface area contributed by atoms with E-state index in [0.29, 0.717) is 6.04 Å². The summed E-state index contributed by atoms with van der Waals surface area (Å²) >= 11 is 5.85. The minimum absolute atomic E-state index is 0.0772. The Morgan fingerprint density at radius 1 is 1.16 bits per heavy atom. The first-order valence-electron chi connectivity index (χ1n) is 11.8. The molecule has 1 N–H and O–H groups in total. The van der Waals surface area contributed by atoms with Gasteiger partial charge in [0.2, 0.25) is 0 Å². The van der Waals surface area contributed by atoms with E-state index < -0.39 is 0 Å². The van der Waals surface area contributed by atoms with E-state index in [-0.39, 0.29) is 12.1 Å². The van der Waals surface area contributed by atoms with Crippen LogP contribution in [0.15, 0.2) is 30.5 Å². The van der Waals surface area contributed by atoms with E-state index in [4.69, 9.17) is 17.2 Å². The highest BCUT2D eigenvalue weighted by Gasteiger charge is 2.41. The summed E-state index contributed by atoms with van der Waals surface area (Å²) in [6.45, 7) is 6.59. The molecule has 3 heterocycles. The number of pyridine rings is 1. The molecule has 2 atom stereocenters. The van der Waals surface area contributed by atoms with Crippen LogP contribution in [0, 0.1) is 13.8 Å². The van der Waals surface area contributed by atoms with Gasteiger partial charge in [0, 0.05) is 30.2 Å². The van der Waals surface area contributed by atoms with E-state index in [1.807, 2.05) is 12.3 Å². The number of nitrogens with zero attached hydrogens (tertiary/aromatic N) is 4. The van der Waals surface area contributed by atoms with Crippen molar-refractivity contribution in [3.8, 4) is 0 Å². The topological polar surface area (TPSA) is 36.3 Å². The molecule has 168 valence electrons. The standard InChI is InChI=1S/C25H37N5S/c1-18-17-21(19(2)30(18)20-11-6-5-7-12-20)24-23(22-13-8-9-14-26-22)27-25(31)29(24)16-10-15-28(3)4/h8-9,13-14,17,20,23-24H,5-7,10-12,15-16H2,1-4H3,(H,27,31)/t23-,24-/m0/s1. The minimum Gasteiger partial charge on any atom is -0.352 e. The Balaban J connectivity index is 1.70. The monoisotopic (exact) mass is 439 g/mol. The van der Waals surface area contributed by atoms with Crippen molar-refractivity contribution in [1.29, 1.82) is 0 Å². The van der Waals surface area contributed by atoms with Gasteiger partial charge in [-0.05, 0) is 89.7 Å². The predicted molar refractivity (Wildman–Crippen MR) is 131 cm³/mol. The molecular weight excluding hydrogens is 402 g/mol. The van der Waals surface area contributed by atoms with Crippen LogP contribution in [0.5, 0.6) is 0 Å². The lowest BCUT2D eigenvalue weighted by atomic mass is 9.94. The molecule has 1 saturated heterocycles. The molecule has 6 heteroatoms. The van der Waals surface area contributed by atoms with Crippen molar-refractivity contribution < 1.29 is 0 Å². The first-order valence-corrected chi connectivity index (χ1v) is 12.2. The Kier molecular flexibility index (Phi) is 6.97. The van der Waals surface area contributed by atoms with Crippen LogP contribution in [-0.4, -0.2) is 51.6 Å². The summed E-state index contributed by atoms with van der Waals surface area (Å²) in [5.74, 6) is 0. The summed E-state index contributed by atoms with van der Waals surface area (Å²) in [7, 11) is 4.26. The summed E-state index contributed by atoms with van der Waals surface area (Å²) in [6.07, 6.45) is 9.64. The van der Waals surface area contributed by atoms with Crippen LogP contribution in [0.3, 0.4) is 0 Å². The molecule has 5 nitrogen and oxygen atoms in total. The summed E-state index contributed by atoms with van der Waals surface area (Å²) in [5, 5.41) is 4.46. The quantitative estimate of drug-likeness (QED) is 0.619. The smallest absolute Gasteiger partial charge is 0.170 e. The Morgan fingerprint density at radius 2 is 1.94 bits per heavy atom. The van der Waals surface area contributed by atoms with Gasteiger partial charge in [-0.3, -0.25) is 4.98 Å². The van der Waals surface area contributed by atoms with Crippen LogP contribution in [0.2, 0.25) is 0 Å². The lowest BCUT2D eigenvalue weighted by Gasteiger charge is -2.30. The highest BCUT2D eigenvalue weighted by molar-refractivity contribution is 7.80. The number of hydrogen-bond acceptors (Lipinski definition) is 3. The van der Waals surface area contributed by atoms with Gasteiger partial charge in [-0.1, -0.05) is 25.3 Å². The van der Waals surface area contributed by atoms with Crippen molar-refractivity contribution in [2.24, 2.45) is 0 Å². The first kappa shape index (κ1) is 22.3. The van der Waals surface area contributed by atoms with Crippen molar-refractivity contribution in [2.75, 3.05) is 27.2 Å². The lowest BCUT2D eigenvalue weighted by Crippen LogP contribution is -2.32. The van der Waals surface area contributed by atoms with Gasteiger partial charge in [-0.25, -0.2) is 0 Å². The third-order valence-corrected chi connectivity index (χ3v) is 7.34. The third-order valence-electron chi connectivity index (χ3n) is 6.98. The van der Waals surface area contributed by atoms with Crippen molar-refractivity contribution in [1.82, 2.24) is 24.7 Å². The second-order valence-electron chi connectivity index (χ2n) is 9.47. The van der Waals surface area contributed by atoms with Gasteiger partial charge in [0.05, 0.1) is 17.8 Å². The minimum atomic E-state index is 0.0772. The summed E-state index contributed by atoms with van der Waals surface area (Å²) < 4.78 is 2.61. The second kappa shape index (κ2) is 9.70. The van der Waals surface area contributed by atoms with Crippen LogP contribution in [-0.2, 0) is 0 Å². The summed E-state index contributed by atoms with van der Waals surface area (Å²) in [5.41, 5.74) is 5.24. The van der Waals surface area contributed by atoms with Crippen molar-refractivity contribution in [2.45, 2.75) is 70.5 Å². The number of nitrogens with one attached hydrogen (secondary N) is 1. The Labute approximate surface area is 192 Å². The third kappa shape index (κ3) is 4.65. The largest absolute Gasteiger partial charge is 0.352 e. The van der Waals surface area contributed by atoms with Crippen LogP contribution in [0.1, 0.15) is 79.3 Å². The predicted octanol–water partition coefficient (Wildman–Crippen LogP) is 4.93. The van der Waals surface area contributed by atoms with Crippen LogP contribution >= 0.6 is 12.2 Å². The van der Waals surface area contributed by atoms with E-state index in [0.717, 1.165) is 30.3 Å². The van der Waals surface area contributed by atoms with E-state index in [2.05, 4.69) is 65.8 Å². The molecule has 2 aliphatic rings. The molecule has 0 bridgehead atoms. The van der Waals surface area contributed by atoms with Gasteiger partial charge < -0.3 is 19.7 Å². The van der Waals surface area contributed by atoms with Crippen LogP contribution in [0.4, 0.5) is 0 Å². The summed E-state index contributed by atoms with van der Waals surface area (Å²) in [6, 6.07) is 9.48. The number of aryl methyl sites for hydroxylation is 1. The zero-order chi connectivity index (χ0) is 22.0. The number of thiocarbonyl (C=S) groups is 1. The van der Waals surface area contributed by atoms with Gasteiger partial charge in [0.25, 0.3) is 0 Å². The highest BCUT2D eigenvalue weighted by Crippen LogP contribution is 2.42. The maximum absolute atomic E-state index is 5.85. The lowest BCUT2D eigenvalue weighted by molar-refractivity contribution is 0.290. The van der Waals surface area contributed by atoms with Gasteiger partial charge in [0.1, 0.15) is 0 Å². The number of rotatable bonds is 7.